The lowest BCUT2D eigenvalue weighted by Crippen LogP contribution is -2.77. The molecule has 3 fully saturated rings. The Hall–Kier alpha value is -1.05. The van der Waals surface area contributed by atoms with Crippen molar-refractivity contribution in [2.45, 2.75) is 74.2 Å². The van der Waals surface area contributed by atoms with Crippen LogP contribution in [0, 0.1) is 5.92 Å². The van der Waals surface area contributed by atoms with Crippen LogP contribution in [0.15, 0.2) is 12.1 Å². The van der Waals surface area contributed by atoms with Crippen LogP contribution in [-0.2, 0) is 11.8 Å². The van der Waals surface area contributed by atoms with Crippen molar-refractivity contribution >= 4 is 12.4 Å². The lowest BCUT2D eigenvalue weighted by Gasteiger charge is -2.64. The number of aliphatic hydroxyl groups excluding tert-OH is 1. The number of aromatic hydroxyl groups is 1. The van der Waals surface area contributed by atoms with E-state index in [4.69, 9.17) is 4.74 Å². The van der Waals surface area contributed by atoms with Crippen LogP contribution in [0.25, 0.3) is 0 Å². The Morgan fingerprint density at radius 1 is 1.18 bits per heavy atom. The fourth-order valence-electron chi connectivity index (χ4n) is 6.83. The summed E-state index contributed by atoms with van der Waals surface area (Å²) in [6.07, 6.45) is 5.68. The number of rotatable bonds is 2. The summed E-state index contributed by atoms with van der Waals surface area (Å²) in [6.45, 7) is 2.02. The second kappa shape index (κ2) is 6.47. The van der Waals surface area contributed by atoms with Crippen LogP contribution in [0.4, 0.5) is 0 Å². The molecule has 1 aromatic rings. The third-order valence-corrected chi connectivity index (χ3v) is 8.26. The molecule has 2 heterocycles. The number of phenolic OH excluding ortho intramolecular Hbond substituents is 1. The second-order valence-corrected chi connectivity index (χ2v) is 9.25. The van der Waals surface area contributed by atoms with Crippen LogP contribution in [0.1, 0.15) is 49.7 Å². The molecule has 5 atom stereocenters. The number of ether oxygens (including phenoxy) is 1. The summed E-state index contributed by atoms with van der Waals surface area (Å²) >= 11 is 0. The van der Waals surface area contributed by atoms with Gasteiger partial charge in [-0.25, -0.2) is 0 Å². The highest BCUT2D eigenvalue weighted by atomic mass is 35.5. The van der Waals surface area contributed by atoms with Gasteiger partial charge in [0.25, 0.3) is 0 Å². The van der Waals surface area contributed by atoms with Gasteiger partial charge in [-0.3, -0.25) is 4.90 Å². The molecule has 1 spiro atoms. The normalized spacial score (nSPS) is 40.4. The van der Waals surface area contributed by atoms with Crippen LogP contribution in [0.2, 0.25) is 0 Å². The number of halogens is 1. The molecular weight excluding hydrogens is 382 g/mol. The summed E-state index contributed by atoms with van der Waals surface area (Å²) < 4.78 is 6.16. The Balaban J connectivity index is 0.000000961. The minimum absolute atomic E-state index is 0. The zero-order valence-electron chi connectivity index (χ0n) is 15.9. The predicted molar refractivity (Wildman–Crippen MR) is 106 cm³/mol. The minimum atomic E-state index is -0.884. The zero-order chi connectivity index (χ0) is 17.7. The molecule has 5 N–H and O–H groups in total. The van der Waals surface area contributed by atoms with Gasteiger partial charge in [0.2, 0.25) is 0 Å². The highest BCUT2D eigenvalue weighted by Crippen LogP contribution is 2.65. The minimum Gasteiger partial charge on any atom is -0.504 e. The van der Waals surface area contributed by atoms with Gasteiger partial charge in [-0.05, 0) is 62.6 Å². The number of benzene rings is 1. The van der Waals surface area contributed by atoms with E-state index in [1.807, 2.05) is 6.07 Å². The van der Waals surface area contributed by atoms with E-state index < -0.39 is 23.2 Å². The average Bonchev–Trinajstić information content (AvgIpc) is 2.93. The highest BCUT2D eigenvalue weighted by Gasteiger charge is 2.72. The van der Waals surface area contributed by atoms with Crippen LogP contribution in [-0.4, -0.2) is 62.6 Å². The molecule has 0 radical (unpaired) electrons. The standard InChI is InChI=1S/C21H27NO4.ClH.H2O/c23-14-5-4-13-10-16-21(25)7-6-15(24)19-20(21,17(13)18(14)26-19)8-9-22(16)11-12-2-1-3-12;;/h4-5,12,15-16,19,23-25H,1-3,6-11H2;1H;1H2/t15-,16+,19-,20-,21+;;/m0../s1. The third kappa shape index (κ3) is 2.18. The van der Waals surface area contributed by atoms with E-state index in [9.17, 15) is 15.3 Å². The summed E-state index contributed by atoms with van der Waals surface area (Å²) in [5, 5.41) is 33.2. The van der Waals surface area contributed by atoms with Crippen LogP contribution in [0.3, 0.4) is 0 Å². The first-order valence-corrected chi connectivity index (χ1v) is 10.2. The number of nitrogens with zero attached hydrogens (tertiary/aromatic N) is 1. The Morgan fingerprint density at radius 2 is 1.96 bits per heavy atom. The van der Waals surface area contributed by atoms with Gasteiger partial charge in [-0.2, -0.15) is 0 Å². The van der Waals surface area contributed by atoms with Crippen molar-refractivity contribution in [2.75, 3.05) is 13.1 Å². The van der Waals surface area contributed by atoms with Gasteiger partial charge in [0.15, 0.2) is 11.5 Å². The predicted octanol–water partition coefficient (Wildman–Crippen LogP) is 1.30. The van der Waals surface area contributed by atoms with Crippen molar-refractivity contribution in [3.63, 3.8) is 0 Å². The molecule has 0 amide bonds. The van der Waals surface area contributed by atoms with Crippen molar-refractivity contribution in [1.82, 2.24) is 4.90 Å². The quantitative estimate of drug-likeness (QED) is 0.680. The van der Waals surface area contributed by atoms with E-state index in [2.05, 4.69) is 4.90 Å². The van der Waals surface area contributed by atoms with Crippen molar-refractivity contribution in [3.05, 3.63) is 23.3 Å². The highest BCUT2D eigenvalue weighted by molar-refractivity contribution is 5.85. The van der Waals surface area contributed by atoms with Gasteiger partial charge in [-0.1, -0.05) is 12.5 Å². The van der Waals surface area contributed by atoms with Gasteiger partial charge in [-0.15, -0.1) is 12.4 Å². The average molecular weight is 412 g/mol. The number of hydrogen-bond donors (Lipinski definition) is 3. The number of piperidine rings is 1. The molecule has 2 aliphatic heterocycles. The molecule has 1 saturated heterocycles. The molecule has 6 rings (SSSR count). The molecule has 1 aromatic carbocycles. The Bertz CT molecular complexity index is 786. The Morgan fingerprint density at radius 3 is 2.68 bits per heavy atom. The third-order valence-electron chi connectivity index (χ3n) is 8.26. The Labute approximate surface area is 171 Å². The first-order valence-electron chi connectivity index (χ1n) is 10.2. The molecule has 5 aliphatic rings. The molecule has 0 aromatic heterocycles. The van der Waals surface area contributed by atoms with Gasteiger partial charge in [0, 0.05) is 18.2 Å². The van der Waals surface area contributed by atoms with Crippen molar-refractivity contribution < 1.29 is 25.5 Å². The SMILES string of the molecule is Cl.O.Oc1ccc2c3c1O[C@H]1[C@@H](O)CC[C@@]4(O)[C@@H](C2)N(CC2CCC2)CC[C@]314. The molecule has 7 heteroatoms. The summed E-state index contributed by atoms with van der Waals surface area (Å²) in [5.74, 6) is 1.42. The summed E-state index contributed by atoms with van der Waals surface area (Å²) in [4.78, 5) is 2.53. The summed E-state index contributed by atoms with van der Waals surface area (Å²) in [7, 11) is 0. The van der Waals surface area contributed by atoms with Crippen LogP contribution in [0.5, 0.6) is 11.5 Å². The fraction of sp³-hybridized carbons (Fsp3) is 0.714. The maximum Gasteiger partial charge on any atom is 0.165 e. The van der Waals surface area contributed by atoms with E-state index in [0.29, 0.717) is 18.6 Å². The number of aliphatic hydroxyl groups is 2. The lowest BCUT2D eigenvalue weighted by atomic mass is 9.48. The van der Waals surface area contributed by atoms with Crippen molar-refractivity contribution in [1.29, 1.82) is 0 Å². The number of phenols is 1. The van der Waals surface area contributed by atoms with E-state index in [0.717, 1.165) is 37.4 Å². The topological polar surface area (TPSA) is 105 Å². The number of likely N-dealkylation sites (tertiary alicyclic amines) is 1. The first-order chi connectivity index (χ1) is 12.5. The Kier molecular flexibility index (Phi) is 4.68. The monoisotopic (exact) mass is 411 g/mol. The largest absolute Gasteiger partial charge is 0.504 e. The maximum atomic E-state index is 12.1. The van der Waals surface area contributed by atoms with Gasteiger partial charge < -0.3 is 25.5 Å². The van der Waals surface area contributed by atoms with Crippen LogP contribution >= 0.6 is 12.4 Å². The fourth-order valence-corrected chi connectivity index (χ4v) is 6.83. The smallest absolute Gasteiger partial charge is 0.165 e. The van der Waals surface area contributed by atoms with Gasteiger partial charge >= 0.3 is 0 Å². The first kappa shape index (κ1) is 20.2. The molecule has 28 heavy (non-hydrogen) atoms. The van der Waals surface area contributed by atoms with E-state index in [-0.39, 0.29) is 29.7 Å². The maximum absolute atomic E-state index is 12.1. The van der Waals surface area contributed by atoms with Gasteiger partial charge in [0.05, 0.1) is 17.1 Å². The van der Waals surface area contributed by atoms with E-state index in [1.165, 1.54) is 24.8 Å². The van der Waals surface area contributed by atoms with E-state index >= 15 is 0 Å². The zero-order valence-corrected chi connectivity index (χ0v) is 16.7. The molecule has 6 nitrogen and oxygen atoms in total. The molecule has 3 aliphatic carbocycles. The molecule has 2 bridgehead atoms. The summed E-state index contributed by atoms with van der Waals surface area (Å²) in [5.41, 5.74) is 0.712. The van der Waals surface area contributed by atoms with E-state index in [1.54, 1.807) is 6.07 Å². The second-order valence-electron chi connectivity index (χ2n) is 9.25. The van der Waals surface area contributed by atoms with Gasteiger partial charge in [0.1, 0.15) is 6.10 Å². The lowest BCUT2D eigenvalue weighted by molar-refractivity contribution is -0.209. The summed E-state index contributed by atoms with van der Waals surface area (Å²) in [6, 6.07) is 3.80. The molecule has 2 saturated carbocycles. The molecule has 156 valence electrons. The molecule has 0 unspecified atom stereocenters. The van der Waals surface area contributed by atoms with Crippen molar-refractivity contribution in [2.24, 2.45) is 5.92 Å². The van der Waals surface area contributed by atoms with Crippen molar-refractivity contribution in [3.8, 4) is 11.5 Å². The molecular formula is C21H30ClNO5. The number of hydrogen-bond acceptors (Lipinski definition) is 5. The van der Waals surface area contributed by atoms with Crippen LogP contribution < -0.4 is 4.74 Å².